The third kappa shape index (κ3) is 2.61. The number of carbonyl (C=O) groups excluding carboxylic acids is 1. The lowest BCUT2D eigenvalue weighted by Crippen LogP contribution is -2.07. The molecule has 0 aromatic carbocycles. The summed E-state index contributed by atoms with van der Waals surface area (Å²) in [5, 5.41) is 9.15. The van der Waals surface area contributed by atoms with Crippen LogP contribution in [0.15, 0.2) is 6.07 Å². The van der Waals surface area contributed by atoms with Crippen molar-refractivity contribution in [1.82, 2.24) is 4.98 Å². The molecule has 86 valence electrons. The highest BCUT2D eigenvalue weighted by Crippen LogP contribution is 2.30. The number of alkyl halides is 2. The maximum Gasteiger partial charge on any atom is 0.365 e. The molecule has 9 heteroatoms. The van der Waals surface area contributed by atoms with Gasteiger partial charge < -0.3 is 10.1 Å². The number of halogens is 4. The first-order chi connectivity index (χ1) is 7.34. The van der Waals surface area contributed by atoms with Crippen LogP contribution >= 0.6 is 34.2 Å². The van der Waals surface area contributed by atoms with E-state index in [1.165, 1.54) is 22.6 Å². The Morgan fingerprint density at radius 3 is 2.56 bits per heavy atom. The van der Waals surface area contributed by atoms with Gasteiger partial charge in [0.2, 0.25) is 5.69 Å². The van der Waals surface area contributed by atoms with Gasteiger partial charge in [-0.25, -0.2) is 8.78 Å². The molecule has 0 amide bonds. The number of carbonyl (C=O) groups is 1. The van der Waals surface area contributed by atoms with Gasteiger partial charge in [0.15, 0.2) is 0 Å². The van der Waals surface area contributed by atoms with Crippen molar-refractivity contribution < 1.29 is 18.5 Å². The van der Waals surface area contributed by atoms with Crippen LogP contribution in [-0.4, -0.2) is 15.1 Å². The summed E-state index contributed by atoms with van der Waals surface area (Å²) in [6.45, 7) is 0. The highest BCUT2D eigenvalue weighted by Gasteiger charge is 2.29. The highest BCUT2D eigenvalue weighted by molar-refractivity contribution is 14.1. The van der Waals surface area contributed by atoms with Gasteiger partial charge in [-0.3, -0.25) is 4.79 Å². The fourth-order valence-electron chi connectivity index (χ4n) is 0.962. The molecule has 0 spiro atoms. The van der Waals surface area contributed by atoms with Gasteiger partial charge in [0.05, 0.1) is 5.56 Å². The van der Waals surface area contributed by atoms with Crippen molar-refractivity contribution in [2.24, 2.45) is 0 Å². The van der Waals surface area contributed by atoms with E-state index < -0.39 is 33.7 Å². The monoisotopic (exact) mass is 362 g/mol. The standard InChI is InChI=1S/C7H2ClF2IN2O3/c8-6(14)5-4(7(9)10)2(11)1-3(12-5)13(15)16/h1,7H. The van der Waals surface area contributed by atoms with Crippen LogP contribution in [0.3, 0.4) is 0 Å². The van der Waals surface area contributed by atoms with E-state index in [0.29, 0.717) is 0 Å². The predicted octanol–water partition coefficient (Wildman–Crippen LogP) is 2.91. The Kier molecular flexibility index (Phi) is 4.08. The smallest absolute Gasteiger partial charge is 0.358 e. The topological polar surface area (TPSA) is 73.1 Å². The first-order valence-electron chi connectivity index (χ1n) is 3.67. The Labute approximate surface area is 106 Å². The van der Waals surface area contributed by atoms with Crippen LogP contribution in [0.2, 0.25) is 0 Å². The summed E-state index contributed by atoms with van der Waals surface area (Å²) in [5.41, 5.74) is -1.47. The molecule has 0 fully saturated rings. The van der Waals surface area contributed by atoms with Crippen LogP contribution < -0.4 is 0 Å². The minimum atomic E-state index is -2.97. The Bertz CT molecular complexity index is 469. The molecule has 5 nitrogen and oxygen atoms in total. The summed E-state index contributed by atoms with van der Waals surface area (Å²) < 4.78 is 25.0. The molecule has 0 aliphatic rings. The van der Waals surface area contributed by atoms with Crippen molar-refractivity contribution in [3.63, 3.8) is 0 Å². The quantitative estimate of drug-likeness (QED) is 0.359. The Morgan fingerprint density at radius 1 is 1.62 bits per heavy atom. The third-order valence-corrected chi connectivity index (χ3v) is 2.66. The van der Waals surface area contributed by atoms with Crippen LogP contribution in [-0.2, 0) is 0 Å². The SMILES string of the molecule is O=C(Cl)c1nc([N+](=O)[O-])cc(I)c1C(F)F. The van der Waals surface area contributed by atoms with Gasteiger partial charge in [0.25, 0.3) is 11.7 Å². The molecular formula is C7H2ClF2IN2O3. The Morgan fingerprint density at radius 2 is 2.19 bits per heavy atom. The number of hydrogen-bond acceptors (Lipinski definition) is 4. The highest BCUT2D eigenvalue weighted by atomic mass is 127. The summed E-state index contributed by atoms with van der Waals surface area (Å²) in [6, 6.07) is 0.853. The second-order valence-electron chi connectivity index (χ2n) is 2.56. The maximum atomic E-state index is 12.6. The number of pyridine rings is 1. The number of rotatable bonds is 3. The van der Waals surface area contributed by atoms with Gasteiger partial charge in [-0.05, 0) is 44.1 Å². The molecule has 0 bridgehead atoms. The molecule has 0 aliphatic carbocycles. The molecule has 0 aliphatic heterocycles. The molecule has 1 heterocycles. The molecule has 1 aromatic heterocycles. The molecule has 0 N–H and O–H groups in total. The fourth-order valence-corrected chi connectivity index (χ4v) is 1.88. The van der Waals surface area contributed by atoms with Gasteiger partial charge >= 0.3 is 5.82 Å². The first kappa shape index (κ1) is 13.2. The van der Waals surface area contributed by atoms with Crippen molar-refractivity contribution in [1.29, 1.82) is 0 Å². The fraction of sp³-hybridized carbons (Fsp3) is 0.143. The van der Waals surface area contributed by atoms with Crippen molar-refractivity contribution in [2.45, 2.75) is 6.43 Å². The second-order valence-corrected chi connectivity index (χ2v) is 4.06. The minimum Gasteiger partial charge on any atom is -0.358 e. The zero-order valence-corrected chi connectivity index (χ0v) is 10.2. The summed E-state index contributed by atoms with van der Waals surface area (Å²) in [7, 11) is 0. The minimum absolute atomic E-state index is 0.127. The van der Waals surface area contributed by atoms with Gasteiger partial charge in [0.1, 0.15) is 0 Å². The van der Waals surface area contributed by atoms with Crippen LogP contribution in [0.5, 0.6) is 0 Å². The van der Waals surface area contributed by atoms with E-state index in [9.17, 15) is 23.7 Å². The number of aromatic nitrogens is 1. The maximum absolute atomic E-state index is 12.6. The van der Waals surface area contributed by atoms with Crippen molar-refractivity contribution >= 4 is 45.3 Å². The molecule has 0 saturated carbocycles. The van der Waals surface area contributed by atoms with Crippen molar-refractivity contribution in [3.8, 4) is 0 Å². The van der Waals surface area contributed by atoms with Crippen LogP contribution in [0.4, 0.5) is 14.6 Å². The second kappa shape index (κ2) is 4.95. The Hall–Kier alpha value is -0.900. The average molecular weight is 362 g/mol. The van der Waals surface area contributed by atoms with E-state index in [2.05, 4.69) is 4.98 Å². The van der Waals surface area contributed by atoms with Crippen LogP contribution in [0.1, 0.15) is 22.5 Å². The molecule has 0 atom stereocenters. The third-order valence-electron chi connectivity index (χ3n) is 1.59. The predicted molar refractivity (Wildman–Crippen MR) is 58.7 cm³/mol. The molecular weight excluding hydrogens is 360 g/mol. The summed E-state index contributed by atoms with van der Waals surface area (Å²) in [5.74, 6) is -0.696. The molecule has 0 unspecified atom stereocenters. The number of nitrogens with zero attached hydrogens (tertiary/aromatic N) is 2. The van der Waals surface area contributed by atoms with Crippen LogP contribution in [0.25, 0.3) is 0 Å². The molecule has 1 rings (SSSR count). The first-order valence-corrected chi connectivity index (χ1v) is 5.13. The summed E-state index contributed by atoms with van der Waals surface area (Å²) in [6.07, 6.45) is -2.97. The van der Waals surface area contributed by atoms with Crippen molar-refractivity contribution in [3.05, 3.63) is 31.0 Å². The van der Waals surface area contributed by atoms with Gasteiger partial charge in [-0.2, -0.15) is 0 Å². The number of nitro groups is 1. The van der Waals surface area contributed by atoms with Gasteiger partial charge in [0, 0.05) is 9.64 Å². The van der Waals surface area contributed by atoms with E-state index in [-0.39, 0.29) is 3.57 Å². The van der Waals surface area contributed by atoms with E-state index in [1.807, 2.05) is 0 Å². The van der Waals surface area contributed by atoms with Crippen LogP contribution in [0, 0.1) is 13.7 Å². The lowest BCUT2D eigenvalue weighted by Gasteiger charge is -2.03. The van der Waals surface area contributed by atoms with Gasteiger partial charge in [-0.15, -0.1) is 0 Å². The molecule has 0 radical (unpaired) electrons. The zero-order chi connectivity index (χ0) is 12.5. The lowest BCUT2D eigenvalue weighted by atomic mass is 10.2. The van der Waals surface area contributed by atoms with E-state index >= 15 is 0 Å². The Balaban J connectivity index is 3.52. The molecule has 16 heavy (non-hydrogen) atoms. The van der Waals surface area contributed by atoms with E-state index in [0.717, 1.165) is 6.07 Å². The van der Waals surface area contributed by atoms with E-state index in [1.54, 1.807) is 0 Å². The van der Waals surface area contributed by atoms with E-state index in [4.69, 9.17) is 11.6 Å². The lowest BCUT2D eigenvalue weighted by molar-refractivity contribution is -0.389. The summed E-state index contributed by atoms with van der Waals surface area (Å²) in [4.78, 5) is 23.5. The molecule has 0 saturated heterocycles. The summed E-state index contributed by atoms with van der Waals surface area (Å²) >= 11 is 6.50. The average Bonchev–Trinajstić information content (AvgIpc) is 2.15. The molecule has 1 aromatic rings. The van der Waals surface area contributed by atoms with Gasteiger partial charge in [-0.1, -0.05) is 0 Å². The largest absolute Gasteiger partial charge is 0.365 e. The van der Waals surface area contributed by atoms with Crippen molar-refractivity contribution in [2.75, 3.05) is 0 Å². The normalized spacial score (nSPS) is 10.6. The number of hydrogen-bond donors (Lipinski definition) is 0. The zero-order valence-electron chi connectivity index (χ0n) is 7.29.